The van der Waals surface area contributed by atoms with Crippen molar-refractivity contribution in [2.24, 2.45) is 0 Å². The molecule has 1 fully saturated rings. The summed E-state index contributed by atoms with van der Waals surface area (Å²) in [5.41, 5.74) is 1.15. The third-order valence-electron chi connectivity index (χ3n) is 4.56. The highest BCUT2D eigenvalue weighted by Gasteiger charge is 2.35. The number of imide groups is 2. The van der Waals surface area contributed by atoms with Gasteiger partial charge in [0.25, 0.3) is 11.8 Å². The normalized spacial score (nSPS) is 16.0. The van der Waals surface area contributed by atoms with Crippen LogP contribution in [0.2, 0.25) is 0 Å². The van der Waals surface area contributed by atoms with Crippen LogP contribution in [-0.4, -0.2) is 22.7 Å². The maximum atomic E-state index is 13.1. The third kappa shape index (κ3) is 3.27. The number of urea groups is 1. The van der Waals surface area contributed by atoms with Crippen LogP contribution in [0.3, 0.4) is 0 Å². The lowest BCUT2D eigenvalue weighted by atomic mass is 10.0. The van der Waals surface area contributed by atoms with E-state index in [0.29, 0.717) is 11.1 Å². The molecule has 0 saturated carbocycles. The Morgan fingerprint density at radius 2 is 1.61 bits per heavy atom. The number of fused-ring (bicyclic) bond motifs is 1. The van der Waals surface area contributed by atoms with Gasteiger partial charge in [-0.05, 0) is 40.1 Å². The second kappa shape index (κ2) is 7.08. The number of nitrogens with zero attached hydrogens (tertiary/aromatic N) is 1. The predicted octanol–water partition coefficient (Wildman–Crippen LogP) is 3.64. The molecular formula is C22H15FN2O3. The number of carbonyl (C=O) groups excluding carboxylic acids is 3. The standard InChI is InChI=1S/C22H15FN2O3/c23-17-10-8-14(9-11-17)13-25-21(27)19(20(26)24-22(25)28)12-16-6-3-5-15-4-1-2-7-18(15)16/h1-12H,13H2,(H,24,26,28)/b19-12-. The lowest BCUT2D eigenvalue weighted by Crippen LogP contribution is -2.53. The minimum absolute atomic E-state index is 0.0644. The Balaban J connectivity index is 1.71. The van der Waals surface area contributed by atoms with Crippen molar-refractivity contribution in [2.45, 2.75) is 6.54 Å². The van der Waals surface area contributed by atoms with Crippen LogP contribution in [0.4, 0.5) is 9.18 Å². The van der Waals surface area contributed by atoms with Gasteiger partial charge in [0.2, 0.25) is 0 Å². The average Bonchev–Trinajstić information content (AvgIpc) is 2.70. The summed E-state index contributed by atoms with van der Waals surface area (Å²) in [4.78, 5) is 38.3. The molecule has 0 atom stereocenters. The van der Waals surface area contributed by atoms with Gasteiger partial charge in [-0.2, -0.15) is 0 Å². The van der Waals surface area contributed by atoms with Crippen molar-refractivity contribution in [1.82, 2.24) is 10.2 Å². The van der Waals surface area contributed by atoms with Crippen molar-refractivity contribution in [3.8, 4) is 0 Å². The molecule has 138 valence electrons. The van der Waals surface area contributed by atoms with Gasteiger partial charge in [-0.25, -0.2) is 9.18 Å². The highest BCUT2D eigenvalue weighted by Crippen LogP contribution is 2.23. The van der Waals surface area contributed by atoms with Crippen molar-refractivity contribution in [1.29, 1.82) is 0 Å². The van der Waals surface area contributed by atoms with Crippen LogP contribution < -0.4 is 5.32 Å². The number of benzene rings is 3. The second-order valence-electron chi connectivity index (χ2n) is 6.40. The molecule has 0 aromatic heterocycles. The van der Waals surface area contributed by atoms with Crippen LogP contribution in [0.15, 0.2) is 72.3 Å². The highest BCUT2D eigenvalue weighted by molar-refractivity contribution is 6.31. The van der Waals surface area contributed by atoms with E-state index < -0.39 is 23.7 Å². The van der Waals surface area contributed by atoms with Gasteiger partial charge in [-0.3, -0.25) is 19.8 Å². The fraction of sp³-hybridized carbons (Fsp3) is 0.0455. The second-order valence-corrected chi connectivity index (χ2v) is 6.40. The number of barbiturate groups is 1. The first-order chi connectivity index (χ1) is 13.5. The molecule has 1 saturated heterocycles. The first-order valence-corrected chi connectivity index (χ1v) is 8.64. The zero-order valence-electron chi connectivity index (χ0n) is 14.7. The third-order valence-corrected chi connectivity index (χ3v) is 4.56. The van der Waals surface area contributed by atoms with Crippen LogP contribution >= 0.6 is 0 Å². The number of carbonyl (C=O) groups is 3. The SMILES string of the molecule is O=C1NC(=O)N(Cc2ccc(F)cc2)C(=O)/C1=C\c1cccc2ccccc12. The van der Waals surface area contributed by atoms with E-state index in [0.717, 1.165) is 15.7 Å². The summed E-state index contributed by atoms with van der Waals surface area (Å²) in [5, 5.41) is 4.06. The Labute approximate surface area is 160 Å². The first-order valence-electron chi connectivity index (χ1n) is 8.64. The Bertz CT molecular complexity index is 1130. The van der Waals surface area contributed by atoms with Crippen LogP contribution in [0.5, 0.6) is 0 Å². The fourth-order valence-electron chi connectivity index (χ4n) is 3.14. The number of halogens is 1. The largest absolute Gasteiger partial charge is 0.331 e. The molecule has 0 bridgehead atoms. The topological polar surface area (TPSA) is 66.5 Å². The summed E-state index contributed by atoms with van der Waals surface area (Å²) in [6, 6.07) is 17.9. The van der Waals surface area contributed by atoms with Crippen molar-refractivity contribution >= 4 is 34.7 Å². The Morgan fingerprint density at radius 1 is 0.893 bits per heavy atom. The number of rotatable bonds is 3. The molecule has 3 aromatic rings. The van der Waals surface area contributed by atoms with Gasteiger partial charge in [0.15, 0.2) is 0 Å². The average molecular weight is 374 g/mol. The zero-order valence-corrected chi connectivity index (χ0v) is 14.7. The van der Waals surface area contributed by atoms with Crippen LogP contribution in [-0.2, 0) is 16.1 Å². The van der Waals surface area contributed by atoms with Crippen LogP contribution in [0.25, 0.3) is 16.8 Å². The Kier molecular flexibility index (Phi) is 4.45. The van der Waals surface area contributed by atoms with E-state index in [1.165, 1.54) is 30.3 Å². The number of hydrogen-bond acceptors (Lipinski definition) is 3. The van der Waals surface area contributed by atoms with Crippen LogP contribution in [0, 0.1) is 5.82 Å². The molecule has 0 unspecified atom stereocenters. The van der Waals surface area contributed by atoms with Gasteiger partial charge in [-0.1, -0.05) is 54.6 Å². The number of hydrogen-bond donors (Lipinski definition) is 1. The molecule has 1 aliphatic heterocycles. The molecule has 1 aliphatic rings. The smallest absolute Gasteiger partial charge is 0.273 e. The fourth-order valence-corrected chi connectivity index (χ4v) is 3.14. The van der Waals surface area contributed by atoms with Crippen molar-refractivity contribution in [2.75, 3.05) is 0 Å². The highest BCUT2D eigenvalue weighted by atomic mass is 19.1. The molecule has 28 heavy (non-hydrogen) atoms. The van der Waals surface area contributed by atoms with E-state index in [-0.39, 0.29) is 12.1 Å². The van der Waals surface area contributed by atoms with Gasteiger partial charge in [-0.15, -0.1) is 0 Å². The molecule has 1 heterocycles. The maximum Gasteiger partial charge on any atom is 0.331 e. The molecule has 0 aliphatic carbocycles. The summed E-state index contributed by atoms with van der Waals surface area (Å²) in [6.45, 7) is -0.0644. The lowest BCUT2D eigenvalue weighted by molar-refractivity contribution is -0.130. The number of nitrogens with one attached hydrogen (secondary N) is 1. The minimum Gasteiger partial charge on any atom is -0.273 e. The van der Waals surface area contributed by atoms with Gasteiger partial charge < -0.3 is 0 Å². The van der Waals surface area contributed by atoms with Crippen molar-refractivity contribution in [3.63, 3.8) is 0 Å². The van der Waals surface area contributed by atoms with E-state index in [2.05, 4.69) is 5.32 Å². The van der Waals surface area contributed by atoms with Gasteiger partial charge in [0, 0.05) is 0 Å². The molecule has 0 radical (unpaired) electrons. The zero-order chi connectivity index (χ0) is 19.7. The summed E-state index contributed by atoms with van der Waals surface area (Å²) in [5.74, 6) is -1.84. The molecule has 1 N–H and O–H groups in total. The van der Waals surface area contributed by atoms with E-state index in [4.69, 9.17) is 0 Å². The first kappa shape index (κ1) is 17.6. The van der Waals surface area contributed by atoms with E-state index in [1.54, 1.807) is 6.07 Å². The van der Waals surface area contributed by atoms with Crippen molar-refractivity contribution < 1.29 is 18.8 Å². The summed E-state index contributed by atoms with van der Waals surface area (Å²) < 4.78 is 13.1. The van der Waals surface area contributed by atoms with Gasteiger partial charge in [0.1, 0.15) is 11.4 Å². The van der Waals surface area contributed by atoms with E-state index in [9.17, 15) is 18.8 Å². The molecular weight excluding hydrogens is 359 g/mol. The summed E-state index contributed by atoms with van der Waals surface area (Å²) >= 11 is 0. The van der Waals surface area contributed by atoms with Crippen molar-refractivity contribution in [3.05, 3.63) is 89.2 Å². The molecule has 5 nitrogen and oxygen atoms in total. The van der Waals surface area contributed by atoms with Gasteiger partial charge in [0.05, 0.1) is 6.54 Å². The molecule has 4 rings (SSSR count). The van der Waals surface area contributed by atoms with Gasteiger partial charge >= 0.3 is 6.03 Å². The van der Waals surface area contributed by atoms with E-state index in [1.807, 2.05) is 36.4 Å². The van der Waals surface area contributed by atoms with E-state index >= 15 is 0 Å². The molecule has 4 amide bonds. The number of amides is 4. The maximum absolute atomic E-state index is 13.1. The quantitative estimate of drug-likeness (QED) is 0.562. The van der Waals surface area contributed by atoms with Crippen LogP contribution in [0.1, 0.15) is 11.1 Å². The Morgan fingerprint density at radius 3 is 2.39 bits per heavy atom. The summed E-state index contributed by atoms with van der Waals surface area (Å²) in [7, 11) is 0. The molecule has 0 spiro atoms. The molecule has 6 heteroatoms. The summed E-state index contributed by atoms with van der Waals surface area (Å²) in [6.07, 6.45) is 1.49. The minimum atomic E-state index is -0.797. The molecule has 3 aromatic carbocycles. The lowest BCUT2D eigenvalue weighted by Gasteiger charge is -2.26. The monoisotopic (exact) mass is 374 g/mol. The Hall–Kier alpha value is -3.80. The predicted molar refractivity (Wildman–Crippen MR) is 102 cm³/mol.